The van der Waals surface area contributed by atoms with E-state index in [2.05, 4.69) is 41.6 Å². The van der Waals surface area contributed by atoms with Crippen LogP contribution in [0.3, 0.4) is 0 Å². The van der Waals surface area contributed by atoms with Crippen LogP contribution in [-0.2, 0) is 7.05 Å². The molecule has 0 saturated heterocycles. The highest BCUT2D eigenvalue weighted by Gasteiger charge is 2.12. The fraction of sp³-hybridized carbons (Fsp3) is 0.111. The number of aryl methyl sites for hydroxylation is 1. The first-order valence-corrected chi connectivity index (χ1v) is 8.66. The van der Waals surface area contributed by atoms with Gasteiger partial charge in [0.25, 0.3) is 5.95 Å². The molecule has 0 bridgehead atoms. The van der Waals surface area contributed by atoms with E-state index in [-0.39, 0.29) is 0 Å². The van der Waals surface area contributed by atoms with Crippen LogP contribution in [0.2, 0.25) is 0 Å². The molecule has 8 heteroatoms. The molecule has 0 fully saturated rings. The zero-order valence-electron chi connectivity index (χ0n) is 14.1. The molecule has 4 rings (SSSR count). The Kier molecular flexibility index (Phi) is 4.26. The number of halogens is 1. The van der Waals surface area contributed by atoms with E-state index in [1.807, 2.05) is 54.1 Å². The van der Waals surface area contributed by atoms with Crippen LogP contribution in [0.25, 0.3) is 22.1 Å². The number of fused-ring (bicyclic) bond motifs is 3. The predicted octanol–water partition coefficient (Wildman–Crippen LogP) is 3.73. The highest BCUT2D eigenvalue weighted by atomic mass is 79.9. The third-order valence-corrected chi connectivity index (χ3v) is 4.55. The van der Waals surface area contributed by atoms with E-state index in [1.54, 1.807) is 13.3 Å². The molecule has 26 heavy (non-hydrogen) atoms. The Morgan fingerprint density at radius 1 is 1.15 bits per heavy atom. The second kappa shape index (κ2) is 6.72. The first-order chi connectivity index (χ1) is 12.7. The predicted molar refractivity (Wildman–Crippen MR) is 106 cm³/mol. The van der Waals surface area contributed by atoms with Crippen molar-refractivity contribution in [2.45, 2.75) is 0 Å². The molecule has 0 aliphatic carbocycles. The minimum absolute atomic E-state index is 0.340. The van der Waals surface area contributed by atoms with E-state index in [9.17, 15) is 0 Å². The van der Waals surface area contributed by atoms with E-state index < -0.39 is 0 Å². The summed E-state index contributed by atoms with van der Waals surface area (Å²) in [6.07, 6.45) is 1.69. The first-order valence-electron chi connectivity index (χ1n) is 7.87. The van der Waals surface area contributed by atoms with Gasteiger partial charge < -0.3 is 9.30 Å². The molecule has 0 saturated carbocycles. The largest absolute Gasteiger partial charge is 0.497 e. The van der Waals surface area contributed by atoms with Crippen molar-refractivity contribution in [3.63, 3.8) is 0 Å². The molecule has 0 aliphatic rings. The number of hydrogen-bond donors (Lipinski definition) is 1. The standard InChI is InChI=1S/C18H15BrN6O/c1-25-15-8-5-12(19)9-14(15)16-17(25)21-18(24-22-16)23-20-10-11-3-6-13(26-2)7-4-11/h3-10H,1-2H3,(H,21,23,24)/b20-10-. The average Bonchev–Trinajstić information content (AvgIpc) is 2.94. The van der Waals surface area contributed by atoms with Crippen LogP contribution in [0.5, 0.6) is 5.75 Å². The van der Waals surface area contributed by atoms with Gasteiger partial charge in [-0.3, -0.25) is 0 Å². The average molecular weight is 411 g/mol. The highest BCUT2D eigenvalue weighted by molar-refractivity contribution is 9.10. The van der Waals surface area contributed by atoms with Crippen molar-refractivity contribution < 1.29 is 4.74 Å². The van der Waals surface area contributed by atoms with Crippen molar-refractivity contribution in [1.82, 2.24) is 19.7 Å². The molecule has 0 radical (unpaired) electrons. The quantitative estimate of drug-likeness (QED) is 0.409. The molecule has 2 aromatic carbocycles. The SMILES string of the molecule is COc1ccc(/C=N\Nc2nnc3c4cc(Br)ccc4n(C)c3n2)cc1. The molecule has 0 atom stereocenters. The van der Waals surface area contributed by atoms with E-state index in [1.165, 1.54) is 0 Å². The Balaban J connectivity index is 1.61. The van der Waals surface area contributed by atoms with Gasteiger partial charge in [0.1, 0.15) is 11.3 Å². The van der Waals surface area contributed by atoms with Gasteiger partial charge in [-0.05, 0) is 48.0 Å². The molecule has 0 aliphatic heterocycles. The molecular formula is C18H15BrN6O. The summed E-state index contributed by atoms with van der Waals surface area (Å²) in [5.41, 5.74) is 6.31. The normalized spacial score (nSPS) is 11.5. The topological polar surface area (TPSA) is 77.2 Å². The zero-order valence-corrected chi connectivity index (χ0v) is 15.7. The summed E-state index contributed by atoms with van der Waals surface area (Å²) in [6, 6.07) is 13.6. The van der Waals surface area contributed by atoms with Crippen molar-refractivity contribution in [3.8, 4) is 5.75 Å². The number of methoxy groups -OCH3 is 1. The summed E-state index contributed by atoms with van der Waals surface area (Å²) < 4.78 is 8.12. The van der Waals surface area contributed by atoms with Crippen molar-refractivity contribution in [3.05, 3.63) is 52.5 Å². The van der Waals surface area contributed by atoms with E-state index >= 15 is 0 Å². The van der Waals surface area contributed by atoms with E-state index in [0.29, 0.717) is 5.95 Å². The van der Waals surface area contributed by atoms with Crippen LogP contribution >= 0.6 is 15.9 Å². The summed E-state index contributed by atoms with van der Waals surface area (Å²) >= 11 is 3.49. The lowest BCUT2D eigenvalue weighted by Crippen LogP contribution is -2.00. The Hall–Kier alpha value is -3.00. The molecule has 0 amide bonds. The Bertz CT molecular complexity index is 1120. The Morgan fingerprint density at radius 2 is 1.96 bits per heavy atom. The number of hydrazone groups is 1. The molecule has 7 nitrogen and oxygen atoms in total. The van der Waals surface area contributed by atoms with Crippen LogP contribution in [-0.4, -0.2) is 33.1 Å². The second-order valence-electron chi connectivity index (χ2n) is 5.67. The number of anilines is 1. The molecule has 1 N–H and O–H groups in total. The van der Waals surface area contributed by atoms with Gasteiger partial charge in [0.15, 0.2) is 5.65 Å². The van der Waals surface area contributed by atoms with Gasteiger partial charge in [0.05, 0.1) is 18.8 Å². The number of hydrogen-bond acceptors (Lipinski definition) is 6. The van der Waals surface area contributed by atoms with Gasteiger partial charge in [-0.15, -0.1) is 10.2 Å². The lowest BCUT2D eigenvalue weighted by Gasteiger charge is -2.00. The van der Waals surface area contributed by atoms with Gasteiger partial charge in [0, 0.05) is 16.9 Å². The highest BCUT2D eigenvalue weighted by Crippen LogP contribution is 2.27. The van der Waals surface area contributed by atoms with Gasteiger partial charge in [-0.2, -0.15) is 10.1 Å². The number of ether oxygens (including phenoxy) is 1. The first kappa shape index (κ1) is 16.5. The van der Waals surface area contributed by atoms with Gasteiger partial charge in [0.2, 0.25) is 0 Å². The van der Waals surface area contributed by atoms with Crippen molar-refractivity contribution in [1.29, 1.82) is 0 Å². The van der Waals surface area contributed by atoms with Crippen LogP contribution in [0.15, 0.2) is 52.0 Å². The molecule has 0 unspecified atom stereocenters. The maximum absolute atomic E-state index is 5.13. The maximum Gasteiger partial charge on any atom is 0.265 e. The fourth-order valence-corrected chi connectivity index (χ4v) is 3.09. The van der Waals surface area contributed by atoms with Gasteiger partial charge in [-0.25, -0.2) is 5.43 Å². The number of rotatable bonds is 4. The Morgan fingerprint density at radius 3 is 2.73 bits per heavy atom. The molecule has 4 aromatic rings. The van der Waals surface area contributed by atoms with E-state index in [0.717, 1.165) is 37.9 Å². The smallest absolute Gasteiger partial charge is 0.265 e. The molecule has 0 spiro atoms. The third-order valence-electron chi connectivity index (χ3n) is 4.06. The number of benzene rings is 2. The third kappa shape index (κ3) is 2.99. The zero-order chi connectivity index (χ0) is 18.1. The molecule has 2 heterocycles. The van der Waals surface area contributed by atoms with Gasteiger partial charge >= 0.3 is 0 Å². The minimum atomic E-state index is 0.340. The van der Waals surface area contributed by atoms with Crippen molar-refractivity contribution in [2.24, 2.45) is 12.1 Å². The maximum atomic E-state index is 5.13. The lowest BCUT2D eigenvalue weighted by molar-refractivity contribution is 0.415. The summed E-state index contributed by atoms with van der Waals surface area (Å²) in [6.45, 7) is 0. The van der Waals surface area contributed by atoms with Crippen LogP contribution in [0, 0.1) is 0 Å². The number of nitrogens with one attached hydrogen (secondary N) is 1. The monoisotopic (exact) mass is 410 g/mol. The van der Waals surface area contributed by atoms with Crippen LogP contribution in [0.4, 0.5) is 5.95 Å². The van der Waals surface area contributed by atoms with Gasteiger partial charge in [-0.1, -0.05) is 15.9 Å². The fourth-order valence-electron chi connectivity index (χ4n) is 2.73. The van der Waals surface area contributed by atoms with E-state index in [4.69, 9.17) is 4.74 Å². The Labute approximate surface area is 157 Å². The molecular weight excluding hydrogens is 396 g/mol. The second-order valence-corrected chi connectivity index (χ2v) is 6.59. The number of nitrogens with zero attached hydrogens (tertiary/aromatic N) is 5. The lowest BCUT2D eigenvalue weighted by atomic mass is 10.2. The van der Waals surface area contributed by atoms with Crippen LogP contribution < -0.4 is 10.2 Å². The molecule has 2 aromatic heterocycles. The summed E-state index contributed by atoms with van der Waals surface area (Å²) in [5.74, 6) is 1.14. The van der Waals surface area contributed by atoms with Crippen molar-refractivity contribution >= 4 is 50.2 Å². The van der Waals surface area contributed by atoms with Crippen LogP contribution in [0.1, 0.15) is 5.56 Å². The summed E-state index contributed by atoms with van der Waals surface area (Å²) in [7, 11) is 3.59. The summed E-state index contributed by atoms with van der Waals surface area (Å²) in [5, 5.41) is 13.6. The summed E-state index contributed by atoms with van der Waals surface area (Å²) in [4.78, 5) is 4.53. The number of aromatic nitrogens is 4. The minimum Gasteiger partial charge on any atom is -0.497 e. The van der Waals surface area contributed by atoms with Crippen molar-refractivity contribution in [2.75, 3.05) is 12.5 Å². The molecule has 130 valence electrons.